The number of nitrogens with one attached hydrogen (secondary N) is 1. The average Bonchev–Trinajstić information content (AvgIpc) is 2.86. The summed E-state index contributed by atoms with van der Waals surface area (Å²) in [6, 6.07) is 4.17. The summed E-state index contributed by atoms with van der Waals surface area (Å²) in [6.07, 6.45) is 4.93. The first-order valence-electron chi connectivity index (χ1n) is 4.93. The molecule has 5 heteroatoms. The molecule has 0 aromatic carbocycles. The van der Waals surface area contributed by atoms with E-state index in [9.17, 15) is 0 Å². The molecular formula is C10H14N4O. The molecular weight excluding hydrogens is 192 g/mol. The maximum absolute atomic E-state index is 5.22. The Morgan fingerprint density at radius 2 is 2.53 bits per heavy atom. The monoisotopic (exact) mass is 206 g/mol. The van der Waals surface area contributed by atoms with Crippen LogP contribution < -0.4 is 5.32 Å². The highest BCUT2D eigenvalue weighted by molar-refractivity contribution is 4.97. The normalized spacial score (nSPS) is 12.9. The van der Waals surface area contributed by atoms with Gasteiger partial charge in [0.15, 0.2) is 0 Å². The highest BCUT2D eigenvalue weighted by Gasteiger charge is 2.03. The summed E-state index contributed by atoms with van der Waals surface area (Å²) < 4.78 is 7.03. The highest BCUT2D eigenvalue weighted by Crippen LogP contribution is 1.99. The van der Waals surface area contributed by atoms with Crippen molar-refractivity contribution in [1.82, 2.24) is 20.1 Å². The van der Waals surface area contributed by atoms with Crippen LogP contribution in [0.5, 0.6) is 0 Å². The van der Waals surface area contributed by atoms with Crippen molar-refractivity contribution >= 4 is 0 Å². The van der Waals surface area contributed by atoms with E-state index < -0.39 is 0 Å². The van der Waals surface area contributed by atoms with E-state index >= 15 is 0 Å². The van der Waals surface area contributed by atoms with Crippen molar-refractivity contribution in [2.24, 2.45) is 0 Å². The van der Waals surface area contributed by atoms with Crippen LogP contribution in [0.15, 0.2) is 35.5 Å². The van der Waals surface area contributed by atoms with Crippen LogP contribution in [0.3, 0.4) is 0 Å². The van der Waals surface area contributed by atoms with Gasteiger partial charge in [0, 0.05) is 6.04 Å². The predicted molar refractivity (Wildman–Crippen MR) is 55.0 cm³/mol. The van der Waals surface area contributed by atoms with Gasteiger partial charge in [0.1, 0.15) is 18.4 Å². The third-order valence-corrected chi connectivity index (χ3v) is 2.13. The minimum atomic E-state index is 0.330. The van der Waals surface area contributed by atoms with E-state index in [0.29, 0.717) is 6.04 Å². The number of aromatic nitrogens is 3. The van der Waals surface area contributed by atoms with E-state index in [1.54, 1.807) is 23.6 Å². The quantitative estimate of drug-likeness (QED) is 0.794. The summed E-state index contributed by atoms with van der Waals surface area (Å²) in [4.78, 5) is 3.89. The molecule has 0 aliphatic rings. The van der Waals surface area contributed by atoms with Gasteiger partial charge in [-0.1, -0.05) is 0 Å². The second-order valence-electron chi connectivity index (χ2n) is 3.48. The van der Waals surface area contributed by atoms with Crippen LogP contribution >= 0.6 is 0 Å². The van der Waals surface area contributed by atoms with Crippen LogP contribution in [-0.4, -0.2) is 20.8 Å². The molecule has 2 heterocycles. The molecule has 2 aromatic rings. The Hall–Kier alpha value is -1.62. The van der Waals surface area contributed by atoms with E-state index in [2.05, 4.69) is 22.3 Å². The fraction of sp³-hybridized carbons (Fsp3) is 0.400. The van der Waals surface area contributed by atoms with E-state index in [1.165, 1.54) is 0 Å². The molecule has 0 amide bonds. The van der Waals surface area contributed by atoms with Gasteiger partial charge in [0.2, 0.25) is 0 Å². The Bertz CT molecular complexity index is 368. The predicted octanol–water partition coefficient (Wildman–Crippen LogP) is 1.05. The largest absolute Gasteiger partial charge is 0.468 e. The van der Waals surface area contributed by atoms with Crippen LogP contribution in [0.4, 0.5) is 0 Å². The lowest BCUT2D eigenvalue weighted by Crippen LogP contribution is -2.29. The Labute approximate surface area is 88.1 Å². The van der Waals surface area contributed by atoms with Crippen molar-refractivity contribution in [3.63, 3.8) is 0 Å². The van der Waals surface area contributed by atoms with Crippen molar-refractivity contribution in [2.75, 3.05) is 0 Å². The van der Waals surface area contributed by atoms with Gasteiger partial charge in [-0.2, -0.15) is 5.10 Å². The molecule has 2 rings (SSSR count). The zero-order valence-corrected chi connectivity index (χ0v) is 8.63. The molecule has 5 nitrogen and oxygen atoms in total. The molecule has 0 unspecified atom stereocenters. The zero-order chi connectivity index (χ0) is 10.5. The molecule has 0 aliphatic carbocycles. The topological polar surface area (TPSA) is 55.9 Å². The van der Waals surface area contributed by atoms with Gasteiger partial charge >= 0.3 is 0 Å². The van der Waals surface area contributed by atoms with Gasteiger partial charge in [-0.25, -0.2) is 4.98 Å². The molecule has 0 spiro atoms. The standard InChI is InChI=1S/C10H14N4O/c1-9(6-14-8-11-7-13-14)12-5-10-3-2-4-15-10/h2-4,7-9,12H,5-6H2,1H3/t9-/m1/s1. The van der Waals surface area contributed by atoms with Gasteiger partial charge in [0.25, 0.3) is 0 Å². The van der Waals surface area contributed by atoms with Gasteiger partial charge in [-0.05, 0) is 19.1 Å². The molecule has 1 N–H and O–H groups in total. The first-order chi connectivity index (χ1) is 7.34. The van der Waals surface area contributed by atoms with E-state index in [-0.39, 0.29) is 0 Å². The summed E-state index contributed by atoms with van der Waals surface area (Å²) in [5.74, 6) is 0.945. The van der Waals surface area contributed by atoms with E-state index in [0.717, 1.165) is 18.8 Å². The van der Waals surface area contributed by atoms with Crippen LogP contribution in [0.1, 0.15) is 12.7 Å². The summed E-state index contributed by atoms with van der Waals surface area (Å²) in [7, 11) is 0. The molecule has 0 bridgehead atoms. The minimum absolute atomic E-state index is 0.330. The van der Waals surface area contributed by atoms with Crippen molar-refractivity contribution in [3.8, 4) is 0 Å². The number of rotatable bonds is 5. The fourth-order valence-corrected chi connectivity index (χ4v) is 1.36. The number of hydrogen-bond acceptors (Lipinski definition) is 4. The smallest absolute Gasteiger partial charge is 0.137 e. The Morgan fingerprint density at radius 3 is 3.20 bits per heavy atom. The van der Waals surface area contributed by atoms with Crippen LogP contribution in [0.2, 0.25) is 0 Å². The third kappa shape index (κ3) is 2.92. The second-order valence-corrected chi connectivity index (χ2v) is 3.48. The molecule has 0 saturated heterocycles. The summed E-state index contributed by atoms with van der Waals surface area (Å²) in [5, 5.41) is 7.38. The molecule has 0 aliphatic heterocycles. The van der Waals surface area contributed by atoms with Crippen LogP contribution in [-0.2, 0) is 13.1 Å². The van der Waals surface area contributed by atoms with Crippen LogP contribution in [0, 0.1) is 0 Å². The first-order valence-corrected chi connectivity index (χ1v) is 4.93. The lowest BCUT2D eigenvalue weighted by molar-refractivity contribution is 0.415. The van der Waals surface area contributed by atoms with Crippen molar-refractivity contribution in [2.45, 2.75) is 26.1 Å². The Balaban J connectivity index is 1.76. The van der Waals surface area contributed by atoms with Gasteiger partial charge in [-0.15, -0.1) is 0 Å². The van der Waals surface area contributed by atoms with Crippen molar-refractivity contribution in [3.05, 3.63) is 36.8 Å². The molecule has 0 saturated carbocycles. The average molecular weight is 206 g/mol. The zero-order valence-electron chi connectivity index (χ0n) is 8.63. The second kappa shape index (κ2) is 4.75. The molecule has 0 fully saturated rings. The molecule has 0 radical (unpaired) electrons. The number of nitrogens with zero attached hydrogens (tertiary/aromatic N) is 3. The molecule has 1 atom stereocenters. The number of furan rings is 1. The molecule has 15 heavy (non-hydrogen) atoms. The number of hydrogen-bond donors (Lipinski definition) is 1. The summed E-state index contributed by atoms with van der Waals surface area (Å²) in [6.45, 7) is 3.65. The molecule has 2 aromatic heterocycles. The maximum atomic E-state index is 5.22. The highest BCUT2D eigenvalue weighted by atomic mass is 16.3. The van der Waals surface area contributed by atoms with Gasteiger partial charge in [-0.3, -0.25) is 4.68 Å². The first kappa shape index (κ1) is 9.92. The van der Waals surface area contributed by atoms with Gasteiger partial charge < -0.3 is 9.73 Å². The lowest BCUT2D eigenvalue weighted by atomic mass is 10.3. The summed E-state index contributed by atoms with van der Waals surface area (Å²) in [5.41, 5.74) is 0. The van der Waals surface area contributed by atoms with E-state index in [4.69, 9.17) is 4.42 Å². The SMILES string of the molecule is C[C@H](Cn1cncn1)NCc1ccco1. The minimum Gasteiger partial charge on any atom is -0.468 e. The maximum Gasteiger partial charge on any atom is 0.137 e. The Morgan fingerprint density at radius 1 is 1.60 bits per heavy atom. The van der Waals surface area contributed by atoms with Crippen molar-refractivity contribution in [1.29, 1.82) is 0 Å². The molecule has 80 valence electrons. The van der Waals surface area contributed by atoms with Crippen LogP contribution in [0.25, 0.3) is 0 Å². The van der Waals surface area contributed by atoms with E-state index in [1.807, 2.05) is 12.1 Å². The van der Waals surface area contributed by atoms with Crippen molar-refractivity contribution < 1.29 is 4.42 Å². The van der Waals surface area contributed by atoms with Gasteiger partial charge in [0.05, 0.1) is 19.4 Å². The summed E-state index contributed by atoms with van der Waals surface area (Å²) >= 11 is 0. The third-order valence-electron chi connectivity index (χ3n) is 2.13. The lowest BCUT2D eigenvalue weighted by Gasteiger charge is -2.12. The Kier molecular flexibility index (Phi) is 3.14. The fourth-order valence-electron chi connectivity index (χ4n) is 1.36.